The molecule has 1 unspecified atom stereocenters. The molecule has 2 N–H and O–H groups in total. The Balaban J connectivity index is 2.40. The van der Waals surface area contributed by atoms with Crippen molar-refractivity contribution >= 4 is 12.2 Å². The Morgan fingerprint density at radius 3 is 2.93 bits per heavy atom. The number of nitrogens with two attached hydrogens (primary N) is 1. The molecule has 0 amide bonds. The maximum atomic E-state index is 11.3. The van der Waals surface area contributed by atoms with Crippen molar-refractivity contribution in [2.45, 2.75) is 32.2 Å². The number of hydrogen-bond donors (Lipinski definition) is 1. The van der Waals surface area contributed by atoms with Gasteiger partial charge in [-0.25, -0.2) is 0 Å². The Morgan fingerprint density at radius 2 is 2.40 bits per heavy atom. The third kappa shape index (κ3) is 4.63. The van der Waals surface area contributed by atoms with Crippen molar-refractivity contribution in [1.29, 1.82) is 0 Å². The van der Waals surface area contributed by atoms with Crippen molar-refractivity contribution in [3.05, 3.63) is 12.3 Å². The summed E-state index contributed by atoms with van der Waals surface area (Å²) in [6, 6.07) is 0.0697. The van der Waals surface area contributed by atoms with Gasteiger partial charge in [-0.2, -0.15) is 0 Å². The van der Waals surface area contributed by atoms with Crippen molar-refractivity contribution in [3.63, 3.8) is 0 Å². The predicted octanol–water partition coefficient (Wildman–Crippen LogP) is 1.26. The highest BCUT2D eigenvalue weighted by Crippen LogP contribution is 2.35. The average Bonchev–Trinajstić information content (AvgIpc) is 3.00. The molecule has 0 saturated heterocycles. The van der Waals surface area contributed by atoms with E-state index in [-0.39, 0.29) is 12.0 Å². The summed E-state index contributed by atoms with van der Waals surface area (Å²) < 4.78 is 4.90. The van der Waals surface area contributed by atoms with Gasteiger partial charge in [0.2, 0.25) is 0 Å². The average molecular weight is 210 g/mol. The minimum Gasteiger partial charge on any atom is -0.466 e. The predicted molar refractivity (Wildman–Crippen MR) is 59.6 cm³/mol. The van der Waals surface area contributed by atoms with Crippen LogP contribution in [0.4, 0.5) is 0 Å². The number of allylic oxidation sites excluding steroid dienone is 1. The Morgan fingerprint density at radius 1 is 1.67 bits per heavy atom. The van der Waals surface area contributed by atoms with E-state index in [0.717, 1.165) is 12.8 Å². The molecule has 1 fully saturated rings. The van der Waals surface area contributed by atoms with Crippen LogP contribution in [0.15, 0.2) is 17.3 Å². The zero-order chi connectivity index (χ0) is 11.1. The zero-order valence-electron chi connectivity index (χ0n) is 9.06. The van der Waals surface area contributed by atoms with Crippen LogP contribution in [-0.2, 0) is 9.53 Å². The summed E-state index contributed by atoms with van der Waals surface area (Å²) >= 11 is 0. The molecule has 0 spiro atoms. The maximum absolute atomic E-state index is 11.3. The summed E-state index contributed by atoms with van der Waals surface area (Å²) in [5.41, 5.74) is 5.19. The molecule has 1 aliphatic rings. The molecule has 4 heteroatoms. The van der Waals surface area contributed by atoms with E-state index in [9.17, 15) is 4.79 Å². The molecule has 1 aliphatic carbocycles. The van der Waals surface area contributed by atoms with Gasteiger partial charge in [0.15, 0.2) is 0 Å². The van der Waals surface area contributed by atoms with Crippen LogP contribution in [0, 0.1) is 5.92 Å². The SMILES string of the molecule is CCOC(=O)CC(N=CC=CN)C1CC1. The molecule has 0 aromatic rings. The molecular weight excluding hydrogens is 192 g/mol. The van der Waals surface area contributed by atoms with Crippen LogP contribution < -0.4 is 5.73 Å². The van der Waals surface area contributed by atoms with Crippen LogP contribution in [0.25, 0.3) is 0 Å². The van der Waals surface area contributed by atoms with Crippen molar-refractivity contribution in [2.75, 3.05) is 6.61 Å². The van der Waals surface area contributed by atoms with Gasteiger partial charge in [0.05, 0.1) is 19.1 Å². The molecule has 4 nitrogen and oxygen atoms in total. The molecule has 1 rings (SSSR count). The first-order chi connectivity index (χ1) is 7.27. The van der Waals surface area contributed by atoms with Gasteiger partial charge in [0, 0.05) is 6.21 Å². The number of hydrogen-bond acceptors (Lipinski definition) is 4. The monoisotopic (exact) mass is 210 g/mol. The molecule has 0 radical (unpaired) electrons. The number of carbonyl (C=O) groups excluding carboxylic acids is 1. The lowest BCUT2D eigenvalue weighted by molar-refractivity contribution is -0.143. The number of esters is 1. The molecule has 0 aromatic carbocycles. The van der Waals surface area contributed by atoms with Crippen molar-refractivity contribution in [1.82, 2.24) is 0 Å². The van der Waals surface area contributed by atoms with E-state index in [1.54, 1.807) is 12.3 Å². The van der Waals surface area contributed by atoms with E-state index >= 15 is 0 Å². The summed E-state index contributed by atoms with van der Waals surface area (Å²) in [6.07, 6.45) is 7.45. The number of aliphatic imine (C=N–C) groups is 1. The second-order valence-electron chi connectivity index (χ2n) is 3.60. The third-order valence-corrected chi connectivity index (χ3v) is 2.32. The van der Waals surface area contributed by atoms with E-state index in [0.29, 0.717) is 18.9 Å². The van der Waals surface area contributed by atoms with Crippen LogP contribution in [0.3, 0.4) is 0 Å². The largest absolute Gasteiger partial charge is 0.466 e. The molecule has 1 saturated carbocycles. The van der Waals surface area contributed by atoms with Gasteiger partial charge in [0.25, 0.3) is 0 Å². The van der Waals surface area contributed by atoms with Gasteiger partial charge in [-0.3, -0.25) is 9.79 Å². The highest BCUT2D eigenvalue weighted by molar-refractivity contribution is 5.73. The summed E-state index contributed by atoms with van der Waals surface area (Å²) in [7, 11) is 0. The first kappa shape index (κ1) is 11.8. The minimum absolute atomic E-state index is 0.0697. The lowest BCUT2D eigenvalue weighted by atomic mass is 10.1. The van der Waals surface area contributed by atoms with Crippen molar-refractivity contribution in [2.24, 2.45) is 16.6 Å². The first-order valence-corrected chi connectivity index (χ1v) is 5.33. The number of nitrogens with zero attached hydrogens (tertiary/aromatic N) is 1. The normalized spacial score (nSPS) is 18.5. The first-order valence-electron chi connectivity index (χ1n) is 5.33. The highest BCUT2D eigenvalue weighted by atomic mass is 16.5. The van der Waals surface area contributed by atoms with Crippen molar-refractivity contribution < 1.29 is 9.53 Å². The molecule has 0 heterocycles. The van der Waals surface area contributed by atoms with E-state index in [2.05, 4.69) is 4.99 Å². The number of rotatable bonds is 6. The van der Waals surface area contributed by atoms with Gasteiger partial charge < -0.3 is 10.5 Å². The fourth-order valence-electron chi connectivity index (χ4n) is 1.42. The number of ether oxygens (including phenoxy) is 1. The van der Waals surface area contributed by atoms with E-state index in [1.165, 1.54) is 6.20 Å². The van der Waals surface area contributed by atoms with Gasteiger partial charge in [-0.15, -0.1) is 0 Å². The lowest BCUT2D eigenvalue weighted by Gasteiger charge is -2.09. The maximum Gasteiger partial charge on any atom is 0.307 e. The second kappa shape index (κ2) is 6.22. The fraction of sp³-hybridized carbons (Fsp3) is 0.636. The lowest BCUT2D eigenvalue weighted by Crippen LogP contribution is -2.16. The molecular formula is C11H18N2O2. The Kier molecular flexibility index (Phi) is 4.87. The molecule has 84 valence electrons. The standard InChI is InChI=1S/C11H18N2O2/c1-2-15-11(14)8-10(9-4-5-9)13-7-3-6-12/h3,6-7,9-10H,2,4-5,8,12H2,1H3. The summed E-state index contributed by atoms with van der Waals surface area (Å²) in [5, 5.41) is 0. The molecule has 1 atom stereocenters. The Hall–Kier alpha value is -1.32. The summed E-state index contributed by atoms with van der Waals surface area (Å²) in [6.45, 7) is 2.24. The topological polar surface area (TPSA) is 64.7 Å². The van der Waals surface area contributed by atoms with E-state index in [4.69, 9.17) is 10.5 Å². The van der Waals surface area contributed by atoms with Crippen LogP contribution in [0.2, 0.25) is 0 Å². The Bertz CT molecular complexity index is 257. The zero-order valence-corrected chi connectivity index (χ0v) is 9.06. The molecule has 15 heavy (non-hydrogen) atoms. The van der Waals surface area contributed by atoms with Crippen LogP contribution >= 0.6 is 0 Å². The quantitative estimate of drug-likeness (QED) is 0.530. The number of carbonyl (C=O) groups is 1. The van der Waals surface area contributed by atoms with E-state index < -0.39 is 0 Å². The van der Waals surface area contributed by atoms with Gasteiger partial charge >= 0.3 is 5.97 Å². The molecule has 0 aromatic heterocycles. The minimum atomic E-state index is -0.164. The van der Waals surface area contributed by atoms with Crippen LogP contribution in [0.1, 0.15) is 26.2 Å². The summed E-state index contributed by atoms with van der Waals surface area (Å²) in [4.78, 5) is 15.6. The van der Waals surface area contributed by atoms with Gasteiger partial charge in [-0.05, 0) is 38.0 Å². The highest BCUT2D eigenvalue weighted by Gasteiger charge is 2.32. The Labute approximate surface area is 90.2 Å². The van der Waals surface area contributed by atoms with Crippen LogP contribution in [0.5, 0.6) is 0 Å². The van der Waals surface area contributed by atoms with Gasteiger partial charge in [-0.1, -0.05) is 0 Å². The summed E-state index contributed by atoms with van der Waals surface area (Å²) in [5.74, 6) is 0.389. The smallest absolute Gasteiger partial charge is 0.307 e. The molecule has 0 bridgehead atoms. The second-order valence-corrected chi connectivity index (χ2v) is 3.60. The van der Waals surface area contributed by atoms with Crippen LogP contribution in [-0.4, -0.2) is 24.8 Å². The van der Waals surface area contributed by atoms with Crippen molar-refractivity contribution in [3.8, 4) is 0 Å². The van der Waals surface area contributed by atoms with Gasteiger partial charge in [0.1, 0.15) is 0 Å². The molecule has 0 aliphatic heterocycles. The van der Waals surface area contributed by atoms with E-state index in [1.807, 2.05) is 6.92 Å². The third-order valence-electron chi connectivity index (χ3n) is 2.32. The fourth-order valence-corrected chi connectivity index (χ4v) is 1.42.